The molecule has 2 aromatic carbocycles. The molecule has 0 bridgehead atoms. The molecule has 146 valence electrons. The van der Waals surface area contributed by atoms with Crippen molar-refractivity contribution in [3.63, 3.8) is 0 Å². The third-order valence-corrected chi connectivity index (χ3v) is 5.26. The molecule has 3 rings (SSSR count). The highest BCUT2D eigenvalue weighted by atomic mass is 32.2. The van der Waals surface area contributed by atoms with Gasteiger partial charge in [0, 0.05) is 5.56 Å². The Balaban J connectivity index is 2.07. The Morgan fingerprint density at radius 2 is 1.86 bits per heavy atom. The largest absolute Gasteiger partial charge is 0.497 e. The van der Waals surface area contributed by atoms with Gasteiger partial charge in [-0.1, -0.05) is 30.0 Å². The second kappa shape index (κ2) is 8.93. The number of thioether (sulfide) groups is 1. The molecule has 0 radical (unpaired) electrons. The van der Waals surface area contributed by atoms with E-state index >= 15 is 0 Å². The molecule has 0 aliphatic heterocycles. The molecular formula is C21H23N3O3S. The molecule has 0 fully saturated rings. The summed E-state index contributed by atoms with van der Waals surface area (Å²) >= 11 is 1.34. The Kier molecular flexibility index (Phi) is 6.36. The van der Waals surface area contributed by atoms with Gasteiger partial charge in [-0.3, -0.25) is 9.36 Å². The number of esters is 1. The lowest BCUT2D eigenvalue weighted by atomic mass is 10.1. The quantitative estimate of drug-likeness (QED) is 0.438. The molecule has 0 spiro atoms. The van der Waals surface area contributed by atoms with Crippen LogP contribution in [0.25, 0.3) is 17.1 Å². The van der Waals surface area contributed by atoms with Crippen LogP contribution in [0, 0.1) is 6.92 Å². The lowest BCUT2D eigenvalue weighted by Crippen LogP contribution is -2.17. The van der Waals surface area contributed by atoms with Gasteiger partial charge in [0.2, 0.25) is 0 Å². The Labute approximate surface area is 168 Å². The molecule has 7 heteroatoms. The van der Waals surface area contributed by atoms with E-state index in [1.165, 1.54) is 11.8 Å². The van der Waals surface area contributed by atoms with E-state index in [9.17, 15) is 4.79 Å². The minimum atomic E-state index is -0.393. The van der Waals surface area contributed by atoms with Crippen LogP contribution in [-0.4, -0.2) is 39.7 Å². The Hall–Kier alpha value is -2.80. The first-order valence-electron chi connectivity index (χ1n) is 9.04. The molecule has 28 heavy (non-hydrogen) atoms. The van der Waals surface area contributed by atoms with Crippen molar-refractivity contribution in [2.45, 2.75) is 31.2 Å². The van der Waals surface area contributed by atoms with E-state index in [4.69, 9.17) is 9.47 Å². The first-order chi connectivity index (χ1) is 13.5. The van der Waals surface area contributed by atoms with E-state index in [1.54, 1.807) is 14.0 Å². The smallest absolute Gasteiger partial charge is 0.319 e. The van der Waals surface area contributed by atoms with Crippen LogP contribution in [0.2, 0.25) is 0 Å². The maximum absolute atomic E-state index is 12.1. The van der Waals surface area contributed by atoms with Gasteiger partial charge in [-0.05, 0) is 56.7 Å². The van der Waals surface area contributed by atoms with Crippen LogP contribution in [0.3, 0.4) is 0 Å². The van der Waals surface area contributed by atoms with Crippen LogP contribution >= 0.6 is 11.8 Å². The zero-order chi connectivity index (χ0) is 20.1. The molecule has 6 nitrogen and oxygen atoms in total. The van der Waals surface area contributed by atoms with E-state index in [2.05, 4.69) is 10.2 Å². The van der Waals surface area contributed by atoms with E-state index in [-0.39, 0.29) is 5.97 Å². The normalized spacial score (nSPS) is 11.9. The molecule has 0 amide bonds. The number of para-hydroxylation sites is 1. The van der Waals surface area contributed by atoms with Gasteiger partial charge in [-0.25, -0.2) is 0 Å². The number of nitrogens with zero attached hydrogens (tertiary/aromatic N) is 3. The summed E-state index contributed by atoms with van der Waals surface area (Å²) in [7, 11) is 1.64. The van der Waals surface area contributed by atoms with Gasteiger partial charge in [0.25, 0.3) is 0 Å². The van der Waals surface area contributed by atoms with Crippen LogP contribution in [0.5, 0.6) is 5.75 Å². The van der Waals surface area contributed by atoms with E-state index < -0.39 is 5.25 Å². The SMILES string of the molecule is CCOC(=O)[C@@H](C)Sc1nnc(-c2ccc(OC)cc2)n1-c1ccccc1C. The third-order valence-electron chi connectivity index (χ3n) is 4.24. The summed E-state index contributed by atoms with van der Waals surface area (Å²) in [6.07, 6.45) is 0. The predicted molar refractivity (Wildman–Crippen MR) is 110 cm³/mol. The average Bonchev–Trinajstić information content (AvgIpc) is 3.11. The fourth-order valence-corrected chi connectivity index (χ4v) is 3.63. The van der Waals surface area contributed by atoms with E-state index in [0.29, 0.717) is 17.6 Å². The highest BCUT2D eigenvalue weighted by Gasteiger charge is 2.23. The van der Waals surface area contributed by atoms with Crippen molar-refractivity contribution in [3.8, 4) is 22.8 Å². The van der Waals surface area contributed by atoms with Crippen molar-refractivity contribution in [3.05, 3.63) is 54.1 Å². The molecule has 3 aromatic rings. The second-order valence-electron chi connectivity index (χ2n) is 6.17. The van der Waals surface area contributed by atoms with Gasteiger partial charge in [0.1, 0.15) is 11.0 Å². The van der Waals surface area contributed by atoms with Gasteiger partial charge in [-0.15, -0.1) is 10.2 Å². The van der Waals surface area contributed by atoms with Gasteiger partial charge in [0.15, 0.2) is 11.0 Å². The van der Waals surface area contributed by atoms with E-state index in [1.807, 2.05) is 66.9 Å². The summed E-state index contributed by atoms with van der Waals surface area (Å²) in [5.41, 5.74) is 2.96. The number of hydrogen-bond donors (Lipinski definition) is 0. The number of benzene rings is 2. The van der Waals surface area contributed by atoms with Crippen molar-refractivity contribution in [2.75, 3.05) is 13.7 Å². The minimum absolute atomic E-state index is 0.266. The summed E-state index contributed by atoms with van der Waals surface area (Å²) in [4.78, 5) is 12.1. The van der Waals surface area contributed by atoms with Crippen LogP contribution in [-0.2, 0) is 9.53 Å². The highest BCUT2D eigenvalue weighted by molar-refractivity contribution is 8.00. The fraction of sp³-hybridized carbons (Fsp3) is 0.286. The van der Waals surface area contributed by atoms with Crippen molar-refractivity contribution < 1.29 is 14.3 Å². The van der Waals surface area contributed by atoms with Gasteiger partial charge < -0.3 is 9.47 Å². The molecule has 0 saturated heterocycles. The summed E-state index contributed by atoms with van der Waals surface area (Å²) in [6.45, 7) is 6.00. The Bertz CT molecular complexity index is 954. The number of methoxy groups -OCH3 is 1. The lowest BCUT2D eigenvalue weighted by molar-refractivity contribution is -0.142. The van der Waals surface area contributed by atoms with Gasteiger partial charge >= 0.3 is 5.97 Å². The highest BCUT2D eigenvalue weighted by Crippen LogP contribution is 2.32. The van der Waals surface area contributed by atoms with Gasteiger partial charge in [0.05, 0.1) is 19.4 Å². The number of aryl methyl sites for hydroxylation is 1. The van der Waals surface area contributed by atoms with Crippen LogP contribution in [0.15, 0.2) is 53.7 Å². The van der Waals surface area contributed by atoms with Crippen molar-refractivity contribution in [1.29, 1.82) is 0 Å². The maximum atomic E-state index is 12.1. The lowest BCUT2D eigenvalue weighted by Gasteiger charge is -2.15. The maximum Gasteiger partial charge on any atom is 0.319 e. The standard InChI is InChI=1S/C21H23N3O3S/c1-5-27-20(25)15(3)28-21-23-22-19(16-10-12-17(26-4)13-11-16)24(21)18-9-7-6-8-14(18)2/h6-13,15H,5H2,1-4H3/t15-/m1/s1. The number of ether oxygens (including phenoxy) is 2. The molecule has 0 N–H and O–H groups in total. The minimum Gasteiger partial charge on any atom is -0.497 e. The number of rotatable bonds is 7. The van der Waals surface area contributed by atoms with Crippen LogP contribution < -0.4 is 4.74 Å². The predicted octanol–water partition coefficient (Wildman–Crippen LogP) is 4.30. The number of carbonyl (C=O) groups excluding carboxylic acids is 1. The molecule has 0 aliphatic carbocycles. The molecule has 1 heterocycles. The second-order valence-corrected chi connectivity index (χ2v) is 7.48. The Morgan fingerprint density at radius 3 is 2.50 bits per heavy atom. The van der Waals surface area contributed by atoms with Crippen LogP contribution in [0.1, 0.15) is 19.4 Å². The summed E-state index contributed by atoms with van der Waals surface area (Å²) in [6, 6.07) is 15.7. The zero-order valence-electron chi connectivity index (χ0n) is 16.4. The molecular weight excluding hydrogens is 374 g/mol. The first-order valence-corrected chi connectivity index (χ1v) is 9.92. The first kappa shape index (κ1) is 19.9. The van der Waals surface area contributed by atoms with Gasteiger partial charge in [-0.2, -0.15) is 0 Å². The number of aromatic nitrogens is 3. The summed E-state index contributed by atoms with van der Waals surface area (Å²) in [5.74, 6) is 1.21. The molecule has 0 saturated carbocycles. The monoisotopic (exact) mass is 397 g/mol. The zero-order valence-corrected chi connectivity index (χ0v) is 17.2. The molecule has 0 aliphatic rings. The number of carbonyl (C=O) groups is 1. The van der Waals surface area contributed by atoms with Crippen molar-refractivity contribution in [2.24, 2.45) is 0 Å². The summed E-state index contributed by atoms with van der Waals surface area (Å²) < 4.78 is 12.4. The van der Waals surface area contributed by atoms with Crippen LogP contribution in [0.4, 0.5) is 0 Å². The van der Waals surface area contributed by atoms with Crippen molar-refractivity contribution >= 4 is 17.7 Å². The topological polar surface area (TPSA) is 66.2 Å². The summed E-state index contributed by atoms with van der Waals surface area (Å²) in [5, 5.41) is 9.04. The van der Waals surface area contributed by atoms with Crippen molar-refractivity contribution in [1.82, 2.24) is 14.8 Å². The average molecular weight is 398 g/mol. The molecule has 1 atom stereocenters. The number of hydrogen-bond acceptors (Lipinski definition) is 6. The molecule has 1 aromatic heterocycles. The Morgan fingerprint density at radius 1 is 1.14 bits per heavy atom. The van der Waals surface area contributed by atoms with E-state index in [0.717, 1.165) is 22.6 Å². The fourth-order valence-electron chi connectivity index (χ4n) is 2.77. The molecule has 0 unspecified atom stereocenters. The third kappa shape index (κ3) is 4.20.